The largest absolute Gasteiger partial charge is 0.508 e. The van der Waals surface area contributed by atoms with Gasteiger partial charge in [-0.2, -0.15) is 0 Å². The van der Waals surface area contributed by atoms with E-state index >= 15 is 0 Å². The second-order valence-electron chi connectivity index (χ2n) is 5.33. The smallest absolute Gasteiger partial charge is 0.200 e. The highest BCUT2D eigenvalue weighted by atomic mass is 16.3. The van der Waals surface area contributed by atoms with Crippen LogP contribution in [0.15, 0.2) is 30.3 Å². The molecule has 110 valence electrons. The molecule has 3 rings (SSSR count). The summed E-state index contributed by atoms with van der Waals surface area (Å²) in [6.45, 7) is 0.803. The van der Waals surface area contributed by atoms with Crippen molar-refractivity contribution in [2.24, 2.45) is 0 Å². The summed E-state index contributed by atoms with van der Waals surface area (Å²) in [5.74, 6) is -0.895. The first-order chi connectivity index (χ1) is 10.0. The van der Waals surface area contributed by atoms with Gasteiger partial charge in [0.25, 0.3) is 0 Å². The topological polar surface area (TPSA) is 93.0 Å². The lowest BCUT2D eigenvalue weighted by Gasteiger charge is -2.27. The Labute approximate surface area is 122 Å². The van der Waals surface area contributed by atoms with Crippen molar-refractivity contribution in [2.45, 2.75) is 18.9 Å². The molecule has 5 N–H and O–H groups in total. The van der Waals surface area contributed by atoms with E-state index in [4.69, 9.17) is 0 Å². The maximum Gasteiger partial charge on any atom is 0.200 e. The van der Waals surface area contributed by atoms with Crippen LogP contribution in [0.3, 0.4) is 0 Å². The Balaban J connectivity index is 1.90. The summed E-state index contributed by atoms with van der Waals surface area (Å²) in [6.07, 6.45) is 1.42. The number of benzene rings is 2. The van der Waals surface area contributed by atoms with Crippen molar-refractivity contribution < 1.29 is 20.4 Å². The van der Waals surface area contributed by atoms with Gasteiger partial charge >= 0.3 is 0 Å². The number of fused-ring (bicyclic) bond motifs is 1. The van der Waals surface area contributed by atoms with E-state index < -0.39 is 5.75 Å². The molecule has 2 aromatic carbocycles. The highest BCUT2D eigenvalue weighted by molar-refractivity contribution is 5.51. The molecule has 0 amide bonds. The second-order valence-corrected chi connectivity index (χ2v) is 5.33. The molecular weight excluding hydrogens is 270 g/mol. The highest BCUT2D eigenvalue weighted by Crippen LogP contribution is 2.37. The summed E-state index contributed by atoms with van der Waals surface area (Å²) in [5.41, 5.74) is 2.93. The minimum Gasteiger partial charge on any atom is -0.508 e. The summed E-state index contributed by atoms with van der Waals surface area (Å²) in [4.78, 5) is 0. The van der Waals surface area contributed by atoms with E-state index in [0.717, 1.165) is 29.7 Å². The van der Waals surface area contributed by atoms with Gasteiger partial charge in [-0.15, -0.1) is 0 Å². The Morgan fingerprint density at radius 3 is 2.43 bits per heavy atom. The van der Waals surface area contributed by atoms with Crippen LogP contribution in [0.1, 0.15) is 22.7 Å². The number of rotatable bonds is 2. The van der Waals surface area contributed by atoms with Crippen molar-refractivity contribution in [2.75, 3.05) is 6.54 Å². The molecule has 1 unspecified atom stereocenters. The fourth-order valence-corrected chi connectivity index (χ4v) is 2.84. The molecular formula is C16H17NO4. The average molecular weight is 287 g/mol. The van der Waals surface area contributed by atoms with Crippen molar-refractivity contribution in [3.63, 3.8) is 0 Å². The first kappa shape index (κ1) is 13.6. The van der Waals surface area contributed by atoms with Crippen molar-refractivity contribution in [3.8, 4) is 23.0 Å². The number of hydrogen-bond donors (Lipinski definition) is 5. The fourth-order valence-electron chi connectivity index (χ4n) is 2.84. The third kappa shape index (κ3) is 2.60. The number of phenolic OH excluding ortho intramolecular Hbond substituents is 4. The zero-order chi connectivity index (χ0) is 15.0. The van der Waals surface area contributed by atoms with Gasteiger partial charge in [-0.05, 0) is 60.3 Å². The fraction of sp³-hybridized carbons (Fsp3) is 0.250. The lowest BCUT2D eigenvalue weighted by Crippen LogP contribution is -2.31. The zero-order valence-corrected chi connectivity index (χ0v) is 11.4. The lowest BCUT2D eigenvalue weighted by molar-refractivity contribution is 0.366. The summed E-state index contributed by atoms with van der Waals surface area (Å²) in [7, 11) is 0. The maximum atomic E-state index is 9.58. The van der Waals surface area contributed by atoms with Gasteiger partial charge in [0.1, 0.15) is 5.75 Å². The van der Waals surface area contributed by atoms with Crippen molar-refractivity contribution in [1.82, 2.24) is 5.32 Å². The van der Waals surface area contributed by atoms with E-state index in [1.165, 1.54) is 12.1 Å². The molecule has 1 aliphatic heterocycles. The standard InChI is InChI=1S/C16H17NO4/c18-11-1-2-12-10(8-11)3-4-17-13(12)5-9-6-14(19)16(21)15(20)7-9/h1-2,6-8,13,17-21H,3-5H2. The monoisotopic (exact) mass is 287 g/mol. The molecule has 0 saturated carbocycles. The van der Waals surface area contributed by atoms with Gasteiger partial charge in [0.2, 0.25) is 0 Å². The summed E-state index contributed by atoms with van der Waals surface area (Å²) >= 11 is 0. The number of phenols is 4. The van der Waals surface area contributed by atoms with Gasteiger partial charge in [0.15, 0.2) is 17.2 Å². The van der Waals surface area contributed by atoms with E-state index in [-0.39, 0.29) is 23.3 Å². The van der Waals surface area contributed by atoms with Crippen LogP contribution in [0, 0.1) is 0 Å². The van der Waals surface area contributed by atoms with Gasteiger partial charge in [0.05, 0.1) is 0 Å². The van der Waals surface area contributed by atoms with Gasteiger partial charge in [-0.3, -0.25) is 0 Å². The Morgan fingerprint density at radius 2 is 1.71 bits per heavy atom. The van der Waals surface area contributed by atoms with Crippen LogP contribution >= 0.6 is 0 Å². The summed E-state index contributed by atoms with van der Waals surface area (Å²) < 4.78 is 0. The number of hydrogen-bond acceptors (Lipinski definition) is 5. The van der Waals surface area contributed by atoms with E-state index in [9.17, 15) is 20.4 Å². The van der Waals surface area contributed by atoms with Crippen LogP contribution < -0.4 is 5.32 Å². The Hall–Kier alpha value is -2.40. The van der Waals surface area contributed by atoms with Gasteiger partial charge in [-0.25, -0.2) is 0 Å². The van der Waals surface area contributed by atoms with Crippen LogP contribution in [-0.4, -0.2) is 27.0 Å². The molecule has 5 nitrogen and oxygen atoms in total. The minimum absolute atomic E-state index is 0.0395. The van der Waals surface area contributed by atoms with Gasteiger partial charge < -0.3 is 25.7 Å². The van der Waals surface area contributed by atoms with E-state index in [1.54, 1.807) is 12.1 Å². The van der Waals surface area contributed by atoms with E-state index in [2.05, 4.69) is 5.32 Å². The molecule has 0 spiro atoms. The summed E-state index contributed by atoms with van der Waals surface area (Å²) in [6, 6.07) is 8.26. The van der Waals surface area contributed by atoms with Gasteiger partial charge in [-0.1, -0.05) is 6.07 Å². The number of nitrogens with one attached hydrogen (secondary N) is 1. The SMILES string of the molecule is Oc1ccc2c(c1)CCNC2Cc1cc(O)c(O)c(O)c1. The van der Waals surface area contributed by atoms with E-state index in [1.807, 2.05) is 6.07 Å². The molecule has 5 heteroatoms. The molecule has 0 aromatic heterocycles. The molecule has 21 heavy (non-hydrogen) atoms. The first-order valence-corrected chi connectivity index (χ1v) is 6.83. The highest BCUT2D eigenvalue weighted by Gasteiger charge is 2.21. The molecule has 0 radical (unpaired) electrons. The quantitative estimate of drug-likeness (QED) is 0.544. The van der Waals surface area contributed by atoms with Crippen molar-refractivity contribution >= 4 is 0 Å². The van der Waals surface area contributed by atoms with Gasteiger partial charge in [0, 0.05) is 6.04 Å². The normalized spacial score (nSPS) is 17.4. The summed E-state index contributed by atoms with van der Waals surface area (Å²) in [5, 5.41) is 41.5. The van der Waals surface area contributed by atoms with Crippen LogP contribution in [-0.2, 0) is 12.8 Å². The van der Waals surface area contributed by atoms with Crippen LogP contribution in [0.25, 0.3) is 0 Å². The molecule has 1 atom stereocenters. The molecule has 2 aromatic rings. The number of aromatic hydroxyl groups is 4. The van der Waals surface area contributed by atoms with Crippen LogP contribution in [0.4, 0.5) is 0 Å². The Morgan fingerprint density at radius 1 is 1.00 bits per heavy atom. The zero-order valence-electron chi connectivity index (χ0n) is 11.4. The molecule has 0 saturated heterocycles. The minimum atomic E-state index is -0.499. The maximum absolute atomic E-state index is 9.58. The third-order valence-corrected chi connectivity index (χ3v) is 3.86. The van der Waals surface area contributed by atoms with E-state index in [0.29, 0.717) is 6.42 Å². The predicted octanol–water partition coefficient (Wildman–Crippen LogP) is 1.94. The lowest BCUT2D eigenvalue weighted by atomic mass is 9.90. The van der Waals surface area contributed by atoms with Crippen LogP contribution in [0.2, 0.25) is 0 Å². The Bertz CT molecular complexity index is 661. The Kier molecular flexibility index (Phi) is 3.35. The molecule has 0 fully saturated rings. The predicted molar refractivity (Wildman–Crippen MR) is 77.7 cm³/mol. The second kappa shape index (κ2) is 5.18. The molecule has 1 aliphatic rings. The third-order valence-electron chi connectivity index (χ3n) is 3.86. The first-order valence-electron chi connectivity index (χ1n) is 6.83. The van der Waals surface area contributed by atoms with Crippen molar-refractivity contribution in [1.29, 1.82) is 0 Å². The molecule has 1 heterocycles. The van der Waals surface area contributed by atoms with Crippen LogP contribution in [0.5, 0.6) is 23.0 Å². The van der Waals surface area contributed by atoms with Crippen molar-refractivity contribution in [3.05, 3.63) is 47.0 Å². The molecule has 0 aliphatic carbocycles. The average Bonchev–Trinajstić information content (AvgIpc) is 2.44. The molecule has 0 bridgehead atoms.